The van der Waals surface area contributed by atoms with Gasteiger partial charge in [0.15, 0.2) is 0 Å². The molecule has 4 nitrogen and oxygen atoms in total. The fraction of sp³-hybridized carbons (Fsp3) is 0.433. The Morgan fingerprint density at radius 2 is 1.74 bits per heavy atom. The van der Waals surface area contributed by atoms with Gasteiger partial charge in [-0.2, -0.15) is 0 Å². The summed E-state index contributed by atoms with van der Waals surface area (Å²) in [5.41, 5.74) is 6.57. The molecule has 3 aromatic rings. The lowest BCUT2D eigenvalue weighted by Crippen LogP contribution is -2.50. The van der Waals surface area contributed by atoms with Crippen LogP contribution in [-0.2, 0) is 7.05 Å². The van der Waals surface area contributed by atoms with E-state index in [9.17, 15) is 4.79 Å². The van der Waals surface area contributed by atoms with E-state index in [0.29, 0.717) is 12.1 Å². The number of nitrogens with one attached hydrogen (secondary N) is 1. The summed E-state index contributed by atoms with van der Waals surface area (Å²) in [7, 11) is 2.07. The fourth-order valence-corrected chi connectivity index (χ4v) is 6.24. The number of aryl methyl sites for hydroxylation is 2. The Balaban J connectivity index is 0.00000289. The van der Waals surface area contributed by atoms with Gasteiger partial charge in [-0.3, -0.25) is 9.69 Å². The molecule has 5 heteroatoms. The maximum atomic E-state index is 13.9. The number of fused-ring (bicyclic) bond motifs is 3. The maximum absolute atomic E-state index is 13.9. The minimum Gasteiger partial charge on any atom is -0.349 e. The van der Waals surface area contributed by atoms with E-state index < -0.39 is 0 Å². The Morgan fingerprint density at radius 1 is 1.06 bits per heavy atom. The van der Waals surface area contributed by atoms with Crippen LogP contribution in [0.15, 0.2) is 60.2 Å². The van der Waals surface area contributed by atoms with Gasteiger partial charge in [-0.1, -0.05) is 53.6 Å². The largest absolute Gasteiger partial charge is 0.349 e. The van der Waals surface area contributed by atoms with Crippen molar-refractivity contribution in [2.24, 2.45) is 7.05 Å². The van der Waals surface area contributed by atoms with Gasteiger partial charge in [-0.05, 0) is 70.6 Å². The number of halogens is 1. The zero-order chi connectivity index (χ0) is 23.8. The molecule has 35 heavy (non-hydrogen) atoms. The van der Waals surface area contributed by atoms with Crippen LogP contribution in [0.5, 0.6) is 0 Å². The molecular weight excluding hydrogens is 454 g/mol. The number of carbonyl (C=O) groups excluding carboxylic acids is 1. The number of amides is 1. The number of hydrogen-bond acceptors (Lipinski definition) is 2. The molecule has 1 amide bonds. The predicted molar refractivity (Wildman–Crippen MR) is 148 cm³/mol. The number of hydrogen-bond donors (Lipinski definition) is 1. The number of benzene rings is 2. The van der Waals surface area contributed by atoms with Crippen LogP contribution in [0.25, 0.3) is 22.2 Å². The number of rotatable bonds is 6. The maximum Gasteiger partial charge on any atom is 0.254 e. The molecule has 5 rings (SSSR count). The van der Waals surface area contributed by atoms with Crippen molar-refractivity contribution in [2.75, 3.05) is 6.54 Å². The quantitative estimate of drug-likeness (QED) is 0.391. The molecule has 3 atom stereocenters. The van der Waals surface area contributed by atoms with Crippen LogP contribution >= 0.6 is 12.4 Å². The third-order valence-corrected chi connectivity index (χ3v) is 7.79. The molecule has 2 aliphatic heterocycles. The van der Waals surface area contributed by atoms with Gasteiger partial charge >= 0.3 is 0 Å². The lowest BCUT2D eigenvalue weighted by molar-refractivity contribution is 0.0851. The first kappa shape index (κ1) is 25.5. The van der Waals surface area contributed by atoms with Crippen LogP contribution in [0.3, 0.4) is 0 Å². The smallest absolute Gasteiger partial charge is 0.254 e. The van der Waals surface area contributed by atoms with E-state index >= 15 is 0 Å². The van der Waals surface area contributed by atoms with Crippen molar-refractivity contribution < 1.29 is 4.79 Å². The average Bonchev–Trinajstić information content (AvgIpc) is 3.22. The van der Waals surface area contributed by atoms with Crippen LogP contribution in [0.4, 0.5) is 0 Å². The zero-order valence-electron chi connectivity index (χ0n) is 21.4. The Bertz CT molecular complexity index is 1210. The van der Waals surface area contributed by atoms with Gasteiger partial charge in [0, 0.05) is 42.6 Å². The Labute approximate surface area is 215 Å². The molecule has 1 N–H and O–H groups in total. The van der Waals surface area contributed by atoms with Crippen LogP contribution in [0.2, 0.25) is 0 Å². The summed E-state index contributed by atoms with van der Waals surface area (Å²) >= 11 is 0. The number of aromatic nitrogens is 1. The van der Waals surface area contributed by atoms with Gasteiger partial charge in [0.2, 0.25) is 0 Å². The van der Waals surface area contributed by atoms with E-state index in [1.165, 1.54) is 24.0 Å². The highest BCUT2D eigenvalue weighted by molar-refractivity contribution is 6.13. The minimum absolute atomic E-state index is 0. The SMILES string of the molecule is CC(C)=CCCN1[C@@H]2CC[C@H]1CC(NC(=O)c1c(-c3ccccc3)n(C)c3ccc(C)cc13)C2.Cl. The minimum atomic E-state index is 0. The number of nitrogens with zero attached hydrogens (tertiary/aromatic N) is 2. The second kappa shape index (κ2) is 10.6. The Hall–Kier alpha value is -2.56. The third-order valence-electron chi connectivity index (χ3n) is 7.79. The monoisotopic (exact) mass is 491 g/mol. The van der Waals surface area contributed by atoms with Gasteiger partial charge in [-0.15, -0.1) is 12.4 Å². The molecule has 1 unspecified atom stereocenters. The number of carbonyl (C=O) groups is 1. The molecule has 2 aromatic carbocycles. The molecule has 0 aliphatic carbocycles. The second-order valence-electron chi connectivity index (χ2n) is 10.5. The average molecular weight is 492 g/mol. The van der Waals surface area contributed by atoms with Crippen LogP contribution in [-0.4, -0.2) is 40.0 Å². The highest BCUT2D eigenvalue weighted by atomic mass is 35.5. The molecule has 2 aliphatic rings. The molecule has 186 valence electrons. The summed E-state index contributed by atoms with van der Waals surface area (Å²) in [6, 6.07) is 18.2. The van der Waals surface area contributed by atoms with E-state index in [1.54, 1.807) is 0 Å². The van der Waals surface area contributed by atoms with Crippen LogP contribution in [0, 0.1) is 6.92 Å². The highest BCUT2D eigenvalue weighted by Gasteiger charge is 2.41. The van der Waals surface area contributed by atoms with E-state index in [-0.39, 0.29) is 24.4 Å². The molecule has 0 radical (unpaired) electrons. The topological polar surface area (TPSA) is 37.3 Å². The number of allylic oxidation sites excluding steroid dienone is 1. The van der Waals surface area contributed by atoms with Crippen molar-refractivity contribution >= 4 is 29.2 Å². The van der Waals surface area contributed by atoms with E-state index in [1.807, 2.05) is 18.2 Å². The first-order chi connectivity index (χ1) is 16.4. The summed E-state index contributed by atoms with van der Waals surface area (Å²) in [4.78, 5) is 16.6. The van der Waals surface area contributed by atoms with Crippen molar-refractivity contribution in [1.29, 1.82) is 0 Å². The van der Waals surface area contributed by atoms with E-state index in [4.69, 9.17) is 0 Å². The highest BCUT2D eigenvalue weighted by Crippen LogP contribution is 2.37. The van der Waals surface area contributed by atoms with Gasteiger partial charge in [0.25, 0.3) is 5.91 Å². The summed E-state index contributed by atoms with van der Waals surface area (Å²) in [6.07, 6.45) is 8.11. The van der Waals surface area contributed by atoms with Crippen LogP contribution in [0.1, 0.15) is 61.9 Å². The van der Waals surface area contributed by atoms with Crippen molar-refractivity contribution in [3.63, 3.8) is 0 Å². The van der Waals surface area contributed by atoms with Gasteiger partial charge in [0.05, 0.1) is 11.3 Å². The predicted octanol–water partition coefficient (Wildman–Crippen LogP) is 6.66. The Morgan fingerprint density at radius 3 is 2.40 bits per heavy atom. The first-order valence-corrected chi connectivity index (χ1v) is 12.8. The zero-order valence-corrected chi connectivity index (χ0v) is 22.2. The van der Waals surface area contributed by atoms with Gasteiger partial charge in [-0.25, -0.2) is 0 Å². The molecular formula is C30H38ClN3O. The second-order valence-corrected chi connectivity index (χ2v) is 10.5. The van der Waals surface area contributed by atoms with Gasteiger partial charge < -0.3 is 9.88 Å². The standard InChI is InChI=1S/C30H37N3O.ClH/c1-20(2)9-8-16-33-24-13-14-25(33)19-23(18-24)31-30(34)28-26-17-21(3)12-15-27(26)32(4)29(28)22-10-6-5-7-11-22;/h5-7,9-12,15,17,23-25H,8,13-14,16,18-19H2,1-4H3,(H,31,34);1H/t23?,24-,25+;. The first-order valence-electron chi connectivity index (χ1n) is 12.8. The summed E-state index contributed by atoms with van der Waals surface area (Å²) < 4.78 is 2.18. The summed E-state index contributed by atoms with van der Waals surface area (Å²) in [5, 5.41) is 4.52. The third kappa shape index (κ3) is 5.05. The van der Waals surface area contributed by atoms with Crippen LogP contribution < -0.4 is 5.32 Å². The number of piperidine rings is 1. The summed E-state index contributed by atoms with van der Waals surface area (Å²) in [5.74, 6) is 0.0671. The van der Waals surface area contributed by atoms with Crippen molar-refractivity contribution in [2.45, 2.75) is 71.0 Å². The van der Waals surface area contributed by atoms with E-state index in [0.717, 1.165) is 53.5 Å². The van der Waals surface area contributed by atoms with Crippen molar-refractivity contribution in [3.05, 3.63) is 71.3 Å². The van der Waals surface area contributed by atoms with Crippen molar-refractivity contribution in [1.82, 2.24) is 14.8 Å². The molecule has 3 heterocycles. The fourth-order valence-electron chi connectivity index (χ4n) is 6.24. The molecule has 0 saturated carbocycles. The normalized spacial score (nSPS) is 21.5. The van der Waals surface area contributed by atoms with Crippen molar-refractivity contribution in [3.8, 4) is 11.3 Å². The molecule has 0 spiro atoms. The Kier molecular flexibility index (Phi) is 7.73. The molecule has 2 bridgehead atoms. The van der Waals surface area contributed by atoms with E-state index in [2.05, 4.69) is 79.0 Å². The summed E-state index contributed by atoms with van der Waals surface area (Å²) in [6.45, 7) is 7.59. The molecule has 1 aromatic heterocycles. The molecule has 2 fully saturated rings. The lowest BCUT2D eigenvalue weighted by Gasteiger charge is -2.39. The van der Waals surface area contributed by atoms with Gasteiger partial charge in [0.1, 0.15) is 0 Å². The molecule has 2 saturated heterocycles. The lowest BCUT2D eigenvalue weighted by atomic mass is 9.96.